The molecule has 0 atom stereocenters. The second kappa shape index (κ2) is 9.63. The minimum atomic E-state index is -1.99. The monoisotopic (exact) mass is 471 g/mol. The number of carbonyl (C=O) groups is 2. The lowest BCUT2D eigenvalue weighted by Gasteiger charge is -2.31. The Balaban J connectivity index is 1.89. The maximum Gasteiger partial charge on any atom is 0.350 e. The van der Waals surface area contributed by atoms with Crippen molar-refractivity contribution in [2.45, 2.75) is 19.4 Å². The Morgan fingerprint density at radius 3 is 1.91 bits per heavy atom. The fourth-order valence-corrected chi connectivity index (χ4v) is 5.05. The Kier molecular flexibility index (Phi) is 6.63. The summed E-state index contributed by atoms with van der Waals surface area (Å²) < 4.78 is 4.96. The predicted molar refractivity (Wildman–Crippen MR) is 135 cm³/mol. The van der Waals surface area contributed by atoms with Crippen molar-refractivity contribution in [1.82, 2.24) is 0 Å². The number of hydrogen-bond acceptors (Lipinski definition) is 5. The predicted octanol–water partition coefficient (Wildman–Crippen LogP) is 5.69. The molecule has 4 rings (SSSR count). The lowest BCUT2D eigenvalue weighted by molar-refractivity contribution is -0.131. The smallest absolute Gasteiger partial charge is 0.350 e. The Bertz CT molecular complexity index is 1300. The number of aliphatic hydroxyl groups is 1. The van der Waals surface area contributed by atoms with Gasteiger partial charge in [0.25, 0.3) is 5.91 Å². The van der Waals surface area contributed by atoms with Crippen molar-refractivity contribution < 1.29 is 19.4 Å². The standard InChI is InChI=1S/C28H25NO4S/c1-18-11-7-9-15-22(18)28(32,23-16-10-8-12-19(23)2)27(31)29-24-21(20-13-5-4-6-14-20)17-34-25(24)26(30)33-3/h4-17,32H,1-3H3,(H,29,31). The minimum absolute atomic E-state index is 0.256. The lowest BCUT2D eigenvalue weighted by atomic mass is 9.81. The molecule has 4 aromatic rings. The van der Waals surface area contributed by atoms with E-state index in [-0.39, 0.29) is 4.88 Å². The van der Waals surface area contributed by atoms with Crippen molar-refractivity contribution in [3.8, 4) is 11.1 Å². The number of aryl methyl sites for hydroxylation is 2. The second-order valence-electron chi connectivity index (χ2n) is 8.01. The van der Waals surface area contributed by atoms with Crippen LogP contribution < -0.4 is 5.32 Å². The number of thiophene rings is 1. The van der Waals surface area contributed by atoms with Crippen LogP contribution in [-0.2, 0) is 15.1 Å². The van der Waals surface area contributed by atoms with Gasteiger partial charge in [0.05, 0.1) is 12.8 Å². The van der Waals surface area contributed by atoms with Crippen molar-refractivity contribution in [3.63, 3.8) is 0 Å². The first-order chi connectivity index (χ1) is 16.4. The average molecular weight is 472 g/mol. The molecule has 0 radical (unpaired) electrons. The fourth-order valence-electron chi connectivity index (χ4n) is 4.11. The molecule has 1 aromatic heterocycles. The summed E-state index contributed by atoms with van der Waals surface area (Å²) in [6.45, 7) is 3.71. The summed E-state index contributed by atoms with van der Waals surface area (Å²) in [5.41, 5.74) is 2.32. The van der Waals surface area contributed by atoms with Crippen LogP contribution in [0.2, 0.25) is 0 Å². The number of benzene rings is 3. The van der Waals surface area contributed by atoms with Crippen LogP contribution in [0.25, 0.3) is 11.1 Å². The van der Waals surface area contributed by atoms with Gasteiger partial charge < -0.3 is 15.2 Å². The van der Waals surface area contributed by atoms with Gasteiger partial charge in [-0.25, -0.2) is 4.79 Å². The minimum Gasteiger partial charge on any atom is -0.465 e. The Hall–Kier alpha value is -3.74. The summed E-state index contributed by atoms with van der Waals surface area (Å²) in [5, 5.41) is 16.8. The first-order valence-electron chi connectivity index (χ1n) is 10.8. The number of esters is 1. The third kappa shape index (κ3) is 4.14. The third-order valence-corrected chi connectivity index (χ3v) is 6.84. The van der Waals surface area contributed by atoms with E-state index in [9.17, 15) is 14.7 Å². The summed E-state index contributed by atoms with van der Waals surface area (Å²) in [5.74, 6) is -1.21. The molecule has 5 nitrogen and oxygen atoms in total. The molecule has 0 saturated carbocycles. The van der Waals surface area contributed by atoms with Gasteiger partial charge in [-0.15, -0.1) is 11.3 Å². The summed E-state index contributed by atoms with van der Waals surface area (Å²) in [6.07, 6.45) is 0. The van der Waals surface area contributed by atoms with Crippen molar-refractivity contribution in [1.29, 1.82) is 0 Å². The first kappa shape index (κ1) is 23.4. The number of rotatable bonds is 6. The highest BCUT2D eigenvalue weighted by Crippen LogP contribution is 2.40. The van der Waals surface area contributed by atoms with Gasteiger partial charge in [-0.1, -0.05) is 78.9 Å². The summed E-state index contributed by atoms with van der Waals surface area (Å²) in [7, 11) is 1.30. The zero-order valence-electron chi connectivity index (χ0n) is 19.2. The van der Waals surface area contributed by atoms with Gasteiger partial charge in [0, 0.05) is 22.1 Å². The zero-order valence-corrected chi connectivity index (χ0v) is 20.0. The summed E-state index contributed by atoms with van der Waals surface area (Å²) >= 11 is 1.18. The van der Waals surface area contributed by atoms with Crippen molar-refractivity contribution in [2.75, 3.05) is 12.4 Å². The molecule has 1 amide bonds. The Morgan fingerprint density at radius 2 is 1.38 bits per heavy atom. The molecular weight excluding hydrogens is 446 g/mol. The second-order valence-corrected chi connectivity index (χ2v) is 8.89. The maximum absolute atomic E-state index is 14.0. The largest absolute Gasteiger partial charge is 0.465 e. The molecular formula is C28H25NO4S. The van der Waals surface area contributed by atoms with E-state index in [4.69, 9.17) is 4.74 Å². The first-order valence-corrected chi connectivity index (χ1v) is 11.7. The SMILES string of the molecule is COC(=O)c1scc(-c2ccccc2)c1NC(=O)C(O)(c1ccccc1C)c1ccccc1C. The normalized spacial score (nSPS) is 11.2. The van der Waals surface area contributed by atoms with E-state index in [1.807, 2.05) is 68.4 Å². The number of carbonyl (C=O) groups excluding carboxylic acids is 2. The van der Waals surface area contributed by atoms with Crippen LogP contribution in [0.1, 0.15) is 31.9 Å². The molecule has 0 fully saturated rings. The van der Waals surface area contributed by atoms with E-state index in [0.29, 0.717) is 22.4 Å². The summed E-state index contributed by atoms with van der Waals surface area (Å²) in [6, 6.07) is 23.9. The van der Waals surface area contributed by atoms with Crippen LogP contribution in [0, 0.1) is 13.8 Å². The molecule has 34 heavy (non-hydrogen) atoms. The Labute approximate surface area is 202 Å². The number of anilines is 1. The van der Waals surface area contributed by atoms with E-state index in [0.717, 1.165) is 16.7 Å². The van der Waals surface area contributed by atoms with Gasteiger partial charge in [0.1, 0.15) is 4.88 Å². The number of hydrogen-bond donors (Lipinski definition) is 2. The molecule has 6 heteroatoms. The lowest BCUT2D eigenvalue weighted by Crippen LogP contribution is -2.42. The van der Waals surface area contributed by atoms with Gasteiger partial charge in [-0.2, -0.15) is 0 Å². The van der Waals surface area contributed by atoms with Crippen LogP contribution in [-0.4, -0.2) is 24.1 Å². The van der Waals surface area contributed by atoms with Crippen molar-refractivity contribution in [2.24, 2.45) is 0 Å². The third-order valence-electron chi connectivity index (χ3n) is 5.88. The van der Waals surface area contributed by atoms with Crippen LogP contribution in [0.4, 0.5) is 5.69 Å². The van der Waals surface area contributed by atoms with Gasteiger partial charge in [0.2, 0.25) is 0 Å². The van der Waals surface area contributed by atoms with Crippen LogP contribution in [0.5, 0.6) is 0 Å². The van der Waals surface area contributed by atoms with Gasteiger partial charge in [-0.05, 0) is 30.5 Å². The van der Waals surface area contributed by atoms with E-state index in [2.05, 4.69) is 5.32 Å². The van der Waals surface area contributed by atoms with Crippen molar-refractivity contribution >= 4 is 28.9 Å². The molecule has 0 aliphatic heterocycles. The zero-order chi connectivity index (χ0) is 24.3. The highest BCUT2D eigenvalue weighted by Gasteiger charge is 2.43. The highest BCUT2D eigenvalue weighted by atomic mass is 32.1. The number of methoxy groups -OCH3 is 1. The van der Waals surface area contributed by atoms with E-state index in [1.54, 1.807) is 29.6 Å². The number of nitrogens with one attached hydrogen (secondary N) is 1. The molecule has 172 valence electrons. The summed E-state index contributed by atoms with van der Waals surface area (Å²) in [4.78, 5) is 26.8. The molecule has 0 aliphatic carbocycles. The molecule has 2 N–H and O–H groups in total. The topological polar surface area (TPSA) is 75.6 Å². The number of amides is 1. The highest BCUT2D eigenvalue weighted by molar-refractivity contribution is 7.13. The molecule has 0 aliphatic rings. The molecule has 0 spiro atoms. The molecule has 1 heterocycles. The number of ether oxygens (including phenoxy) is 1. The van der Waals surface area contributed by atoms with E-state index < -0.39 is 17.5 Å². The van der Waals surface area contributed by atoms with Gasteiger partial charge >= 0.3 is 5.97 Å². The van der Waals surface area contributed by atoms with Gasteiger partial charge in [-0.3, -0.25) is 4.79 Å². The fraction of sp³-hybridized carbons (Fsp3) is 0.143. The molecule has 0 bridgehead atoms. The maximum atomic E-state index is 14.0. The molecule has 0 saturated heterocycles. The Morgan fingerprint density at radius 1 is 0.853 bits per heavy atom. The van der Waals surface area contributed by atoms with E-state index >= 15 is 0 Å². The van der Waals surface area contributed by atoms with Crippen LogP contribution in [0.3, 0.4) is 0 Å². The van der Waals surface area contributed by atoms with Crippen LogP contribution in [0.15, 0.2) is 84.2 Å². The quantitative estimate of drug-likeness (QED) is 0.354. The average Bonchev–Trinajstić information content (AvgIpc) is 3.27. The van der Waals surface area contributed by atoms with E-state index in [1.165, 1.54) is 18.4 Å². The van der Waals surface area contributed by atoms with Gasteiger partial charge in [0.15, 0.2) is 5.60 Å². The molecule has 0 unspecified atom stereocenters. The van der Waals surface area contributed by atoms with Crippen molar-refractivity contribution in [3.05, 3.63) is 111 Å². The van der Waals surface area contributed by atoms with Crippen LogP contribution >= 0.6 is 11.3 Å². The molecule has 3 aromatic carbocycles.